The molecule has 5 heteroatoms. The lowest BCUT2D eigenvalue weighted by atomic mass is 9.68. The number of rotatable bonds is 6. The lowest BCUT2D eigenvalue weighted by molar-refractivity contribution is -0.140. The summed E-state index contributed by atoms with van der Waals surface area (Å²) in [6, 6.07) is 10.00. The van der Waals surface area contributed by atoms with E-state index < -0.39 is 0 Å². The van der Waals surface area contributed by atoms with Gasteiger partial charge in [-0.25, -0.2) is 0 Å². The number of ether oxygens (including phenoxy) is 1. The van der Waals surface area contributed by atoms with Crippen molar-refractivity contribution in [2.45, 2.75) is 25.8 Å². The van der Waals surface area contributed by atoms with E-state index in [-0.39, 0.29) is 11.3 Å². The van der Waals surface area contributed by atoms with Crippen LogP contribution in [0.2, 0.25) is 0 Å². The molecule has 0 radical (unpaired) electrons. The SMILES string of the molecule is COCC1(C(=O)NCc2ccc(-c3ccccn3)s2)CCC1. The minimum absolute atomic E-state index is 0.119. The second kappa shape index (κ2) is 6.58. The van der Waals surface area contributed by atoms with Crippen molar-refractivity contribution in [2.75, 3.05) is 13.7 Å². The summed E-state index contributed by atoms with van der Waals surface area (Å²) in [5.41, 5.74) is 0.676. The summed E-state index contributed by atoms with van der Waals surface area (Å²) in [5.74, 6) is 0.119. The molecule has 1 fully saturated rings. The summed E-state index contributed by atoms with van der Waals surface area (Å²) >= 11 is 1.67. The Morgan fingerprint density at radius 3 is 2.86 bits per heavy atom. The van der Waals surface area contributed by atoms with Crippen LogP contribution in [0, 0.1) is 5.41 Å². The van der Waals surface area contributed by atoms with Crippen LogP contribution in [0.25, 0.3) is 10.6 Å². The smallest absolute Gasteiger partial charge is 0.228 e. The van der Waals surface area contributed by atoms with E-state index in [1.54, 1.807) is 24.6 Å². The fraction of sp³-hybridized carbons (Fsp3) is 0.412. The number of carbonyl (C=O) groups excluding carboxylic acids is 1. The van der Waals surface area contributed by atoms with Crippen LogP contribution in [0.15, 0.2) is 36.5 Å². The molecular formula is C17H20N2O2S. The minimum atomic E-state index is -0.296. The van der Waals surface area contributed by atoms with Gasteiger partial charge in [0.2, 0.25) is 5.91 Å². The van der Waals surface area contributed by atoms with Gasteiger partial charge in [-0.3, -0.25) is 9.78 Å². The molecular weight excluding hydrogens is 296 g/mol. The number of nitrogens with zero attached hydrogens (tertiary/aromatic N) is 1. The third kappa shape index (κ3) is 3.05. The third-order valence-electron chi connectivity index (χ3n) is 4.22. The average Bonchev–Trinajstić information content (AvgIpc) is 2.98. The summed E-state index contributed by atoms with van der Waals surface area (Å²) in [6.45, 7) is 1.09. The highest BCUT2D eigenvalue weighted by Crippen LogP contribution is 2.41. The molecule has 3 rings (SSSR count). The molecule has 2 heterocycles. The number of pyridine rings is 1. The van der Waals surface area contributed by atoms with Crippen LogP contribution in [-0.2, 0) is 16.1 Å². The first-order chi connectivity index (χ1) is 10.7. The molecule has 4 nitrogen and oxygen atoms in total. The predicted octanol–water partition coefficient (Wildman–Crippen LogP) is 3.24. The second-order valence-corrected chi connectivity index (χ2v) is 6.90. The van der Waals surface area contributed by atoms with Crippen LogP contribution in [-0.4, -0.2) is 24.6 Å². The fourth-order valence-electron chi connectivity index (χ4n) is 2.79. The van der Waals surface area contributed by atoms with Gasteiger partial charge in [0.15, 0.2) is 0 Å². The largest absolute Gasteiger partial charge is 0.384 e. The van der Waals surface area contributed by atoms with E-state index in [1.165, 1.54) is 0 Å². The highest BCUT2D eigenvalue weighted by Gasteiger charge is 2.43. The van der Waals surface area contributed by atoms with Gasteiger partial charge in [0.05, 0.1) is 29.1 Å². The molecule has 0 atom stereocenters. The first-order valence-electron chi connectivity index (χ1n) is 7.51. The van der Waals surface area contributed by atoms with Crippen molar-refractivity contribution in [1.82, 2.24) is 10.3 Å². The third-order valence-corrected chi connectivity index (χ3v) is 5.32. The summed E-state index contributed by atoms with van der Waals surface area (Å²) < 4.78 is 5.22. The Labute approximate surface area is 134 Å². The highest BCUT2D eigenvalue weighted by molar-refractivity contribution is 7.15. The predicted molar refractivity (Wildman–Crippen MR) is 87.6 cm³/mol. The van der Waals surface area contributed by atoms with Gasteiger partial charge in [0.1, 0.15) is 0 Å². The topological polar surface area (TPSA) is 51.2 Å². The average molecular weight is 316 g/mol. The Kier molecular flexibility index (Phi) is 4.55. The normalized spacial score (nSPS) is 16.0. The van der Waals surface area contributed by atoms with Crippen LogP contribution < -0.4 is 5.32 Å². The van der Waals surface area contributed by atoms with Crippen molar-refractivity contribution < 1.29 is 9.53 Å². The maximum atomic E-state index is 12.4. The molecule has 1 saturated carbocycles. The van der Waals surface area contributed by atoms with Gasteiger partial charge in [-0.1, -0.05) is 12.5 Å². The Hall–Kier alpha value is -1.72. The molecule has 0 unspecified atom stereocenters. The van der Waals surface area contributed by atoms with E-state index in [1.807, 2.05) is 18.2 Å². The van der Waals surface area contributed by atoms with Gasteiger partial charge in [-0.15, -0.1) is 11.3 Å². The van der Waals surface area contributed by atoms with Crippen molar-refractivity contribution in [2.24, 2.45) is 5.41 Å². The molecule has 22 heavy (non-hydrogen) atoms. The Morgan fingerprint density at radius 1 is 1.36 bits per heavy atom. The van der Waals surface area contributed by atoms with Gasteiger partial charge < -0.3 is 10.1 Å². The van der Waals surface area contributed by atoms with Crippen molar-refractivity contribution >= 4 is 17.2 Å². The molecule has 1 aliphatic rings. The highest BCUT2D eigenvalue weighted by atomic mass is 32.1. The summed E-state index contributed by atoms with van der Waals surface area (Å²) in [6.07, 6.45) is 4.76. The lowest BCUT2D eigenvalue weighted by Crippen LogP contribution is -2.48. The molecule has 2 aromatic heterocycles. The molecule has 0 aliphatic heterocycles. The first-order valence-corrected chi connectivity index (χ1v) is 8.32. The summed E-state index contributed by atoms with van der Waals surface area (Å²) in [4.78, 5) is 19.0. The van der Waals surface area contributed by atoms with Crippen LogP contribution in [0.1, 0.15) is 24.1 Å². The second-order valence-electron chi connectivity index (χ2n) is 5.73. The van der Waals surface area contributed by atoms with Crippen molar-refractivity contribution in [3.8, 4) is 10.6 Å². The van der Waals surface area contributed by atoms with Gasteiger partial charge in [-0.05, 0) is 37.1 Å². The maximum absolute atomic E-state index is 12.4. The number of methoxy groups -OCH3 is 1. The first kappa shape index (κ1) is 15.2. The molecule has 0 bridgehead atoms. The molecule has 1 amide bonds. The van der Waals surface area contributed by atoms with Gasteiger partial charge in [-0.2, -0.15) is 0 Å². The number of nitrogens with one attached hydrogen (secondary N) is 1. The Balaban J connectivity index is 1.60. The van der Waals surface area contributed by atoms with E-state index in [0.717, 1.165) is 34.7 Å². The zero-order chi connectivity index (χ0) is 15.4. The minimum Gasteiger partial charge on any atom is -0.384 e. The molecule has 0 saturated heterocycles. The van der Waals surface area contributed by atoms with Crippen LogP contribution >= 0.6 is 11.3 Å². The van der Waals surface area contributed by atoms with Crippen LogP contribution in [0.5, 0.6) is 0 Å². The van der Waals surface area contributed by atoms with E-state index in [9.17, 15) is 4.79 Å². The monoisotopic (exact) mass is 316 g/mol. The van der Waals surface area contributed by atoms with E-state index in [2.05, 4.69) is 22.4 Å². The van der Waals surface area contributed by atoms with Crippen molar-refractivity contribution in [3.63, 3.8) is 0 Å². The number of carbonyl (C=O) groups is 1. The van der Waals surface area contributed by atoms with Crippen LogP contribution in [0.4, 0.5) is 0 Å². The lowest BCUT2D eigenvalue weighted by Gasteiger charge is -2.39. The molecule has 116 valence electrons. The van der Waals surface area contributed by atoms with Crippen molar-refractivity contribution in [1.29, 1.82) is 0 Å². The molecule has 1 aliphatic carbocycles. The maximum Gasteiger partial charge on any atom is 0.228 e. The number of hydrogen-bond donors (Lipinski definition) is 1. The zero-order valence-electron chi connectivity index (χ0n) is 12.7. The molecule has 0 aromatic carbocycles. The van der Waals surface area contributed by atoms with Gasteiger partial charge >= 0.3 is 0 Å². The molecule has 1 N–H and O–H groups in total. The fourth-order valence-corrected chi connectivity index (χ4v) is 3.72. The zero-order valence-corrected chi connectivity index (χ0v) is 13.5. The van der Waals surface area contributed by atoms with Gasteiger partial charge in [0, 0.05) is 18.2 Å². The van der Waals surface area contributed by atoms with E-state index >= 15 is 0 Å². The van der Waals surface area contributed by atoms with Gasteiger partial charge in [0.25, 0.3) is 0 Å². The number of hydrogen-bond acceptors (Lipinski definition) is 4. The number of thiophene rings is 1. The van der Waals surface area contributed by atoms with E-state index in [4.69, 9.17) is 4.74 Å². The number of aromatic nitrogens is 1. The quantitative estimate of drug-likeness (QED) is 0.890. The summed E-state index contributed by atoms with van der Waals surface area (Å²) in [5, 5.41) is 3.06. The Morgan fingerprint density at radius 2 is 2.23 bits per heavy atom. The van der Waals surface area contributed by atoms with Crippen molar-refractivity contribution in [3.05, 3.63) is 41.4 Å². The number of amides is 1. The standard InChI is InChI=1S/C17H20N2O2S/c1-21-12-17(8-4-9-17)16(20)19-11-13-6-7-15(22-13)14-5-2-3-10-18-14/h2-3,5-7,10H,4,8-9,11-12H2,1H3,(H,19,20). The Bertz CT molecular complexity index is 635. The molecule has 2 aromatic rings. The summed E-state index contributed by atoms with van der Waals surface area (Å²) in [7, 11) is 1.66. The van der Waals surface area contributed by atoms with E-state index in [0.29, 0.717) is 13.2 Å². The molecule has 0 spiro atoms. The van der Waals surface area contributed by atoms with Crippen LogP contribution in [0.3, 0.4) is 0 Å².